The molecule has 2 unspecified atom stereocenters. The molecule has 2 heterocycles. The van der Waals surface area contributed by atoms with Gasteiger partial charge in [0.05, 0.1) is 17.4 Å². The number of carbonyl (C=O) groups excluding carboxylic acids is 1. The first kappa shape index (κ1) is 13.0. The van der Waals surface area contributed by atoms with Crippen LogP contribution in [0.2, 0.25) is 0 Å². The number of imidazole rings is 1. The highest BCUT2D eigenvalue weighted by molar-refractivity contribution is 5.91. The summed E-state index contributed by atoms with van der Waals surface area (Å²) in [4.78, 5) is 21.5. The van der Waals surface area contributed by atoms with Crippen LogP contribution >= 0.6 is 0 Å². The van der Waals surface area contributed by atoms with Gasteiger partial charge in [-0.25, -0.2) is 9.78 Å². The average molecular weight is 272 g/mol. The van der Waals surface area contributed by atoms with E-state index in [1.54, 1.807) is 6.33 Å². The molecule has 5 heteroatoms. The van der Waals surface area contributed by atoms with Gasteiger partial charge in [-0.2, -0.15) is 0 Å². The van der Waals surface area contributed by atoms with Crippen molar-refractivity contribution < 1.29 is 4.79 Å². The Balaban J connectivity index is 1.71. The lowest BCUT2D eigenvalue weighted by molar-refractivity contribution is 0.156. The third kappa shape index (κ3) is 2.61. The minimum Gasteiger partial charge on any atom is -0.345 e. The maximum Gasteiger partial charge on any atom is 0.321 e. The lowest BCUT2D eigenvalue weighted by Crippen LogP contribution is -2.44. The minimum absolute atomic E-state index is 0.0118. The summed E-state index contributed by atoms with van der Waals surface area (Å²) in [5, 5.41) is 2.97. The van der Waals surface area contributed by atoms with Crippen LogP contribution < -0.4 is 5.32 Å². The van der Waals surface area contributed by atoms with Crippen LogP contribution in [0, 0.1) is 11.8 Å². The minimum atomic E-state index is -0.0118. The van der Waals surface area contributed by atoms with E-state index in [2.05, 4.69) is 29.1 Å². The first-order valence-electron chi connectivity index (χ1n) is 7.11. The molecule has 0 bridgehead atoms. The van der Waals surface area contributed by atoms with E-state index < -0.39 is 0 Å². The Morgan fingerprint density at radius 2 is 2.10 bits per heavy atom. The number of carbonyl (C=O) groups is 1. The third-order valence-electron chi connectivity index (χ3n) is 3.83. The molecule has 1 aromatic heterocycles. The monoisotopic (exact) mass is 272 g/mol. The molecular weight excluding hydrogens is 252 g/mol. The lowest BCUT2D eigenvalue weighted by atomic mass is 9.92. The number of aromatic amines is 1. The van der Waals surface area contributed by atoms with Gasteiger partial charge in [0.25, 0.3) is 0 Å². The van der Waals surface area contributed by atoms with Gasteiger partial charge in [-0.05, 0) is 36.5 Å². The molecule has 0 saturated carbocycles. The number of urea groups is 1. The number of amides is 2. The summed E-state index contributed by atoms with van der Waals surface area (Å²) in [5.41, 5.74) is 2.64. The molecule has 1 aliphatic heterocycles. The predicted molar refractivity (Wildman–Crippen MR) is 79.6 cm³/mol. The first-order chi connectivity index (χ1) is 9.61. The normalized spacial score (nSPS) is 23.0. The Bertz CT molecular complexity index is 611. The molecule has 20 heavy (non-hydrogen) atoms. The third-order valence-corrected chi connectivity index (χ3v) is 3.83. The number of nitrogens with zero attached hydrogens (tertiary/aromatic N) is 2. The second kappa shape index (κ2) is 5.15. The summed E-state index contributed by atoms with van der Waals surface area (Å²) in [6, 6.07) is 5.69. The highest BCUT2D eigenvalue weighted by Crippen LogP contribution is 2.22. The topological polar surface area (TPSA) is 61.0 Å². The molecule has 2 aromatic rings. The lowest BCUT2D eigenvalue weighted by Gasteiger charge is -2.34. The zero-order valence-electron chi connectivity index (χ0n) is 11.9. The predicted octanol–water partition coefficient (Wildman–Crippen LogP) is 3.07. The number of rotatable bonds is 1. The highest BCUT2D eigenvalue weighted by atomic mass is 16.2. The van der Waals surface area contributed by atoms with E-state index in [4.69, 9.17) is 0 Å². The van der Waals surface area contributed by atoms with E-state index in [0.29, 0.717) is 11.8 Å². The van der Waals surface area contributed by atoms with Gasteiger partial charge in [-0.1, -0.05) is 13.8 Å². The highest BCUT2D eigenvalue weighted by Gasteiger charge is 2.25. The zero-order chi connectivity index (χ0) is 14.1. The largest absolute Gasteiger partial charge is 0.345 e. The maximum absolute atomic E-state index is 12.3. The van der Waals surface area contributed by atoms with E-state index in [1.807, 2.05) is 23.1 Å². The maximum atomic E-state index is 12.3. The number of piperidine rings is 1. The fourth-order valence-corrected chi connectivity index (χ4v) is 3.04. The number of fused-ring (bicyclic) bond motifs is 1. The molecule has 1 aromatic carbocycles. The molecule has 2 atom stereocenters. The number of anilines is 1. The molecule has 1 saturated heterocycles. The van der Waals surface area contributed by atoms with Gasteiger partial charge in [0.15, 0.2) is 0 Å². The van der Waals surface area contributed by atoms with Crippen molar-refractivity contribution in [3.05, 3.63) is 24.5 Å². The van der Waals surface area contributed by atoms with Crippen LogP contribution in [0.5, 0.6) is 0 Å². The van der Waals surface area contributed by atoms with Crippen molar-refractivity contribution in [3.63, 3.8) is 0 Å². The average Bonchev–Trinajstić information content (AvgIpc) is 2.85. The van der Waals surface area contributed by atoms with Crippen molar-refractivity contribution in [2.24, 2.45) is 11.8 Å². The Kier molecular flexibility index (Phi) is 3.34. The quantitative estimate of drug-likeness (QED) is 0.838. The molecule has 2 amide bonds. The van der Waals surface area contributed by atoms with Crippen molar-refractivity contribution in [2.75, 3.05) is 18.4 Å². The first-order valence-corrected chi connectivity index (χ1v) is 7.11. The Hall–Kier alpha value is -2.04. The summed E-state index contributed by atoms with van der Waals surface area (Å²) < 4.78 is 0. The van der Waals surface area contributed by atoms with Gasteiger partial charge in [0.2, 0.25) is 0 Å². The van der Waals surface area contributed by atoms with E-state index in [-0.39, 0.29) is 6.03 Å². The molecule has 0 aliphatic carbocycles. The van der Waals surface area contributed by atoms with Crippen LogP contribution in [0.25, 0.3) is 11.0 Å². The number of hydrogen-bond acceptors (Lipinski definition) is 2. The summed E-state index contributed by atoms with van der Waals surface area (Å²) in [6.45, 7) is 6.07. The van der Waals surface area contributed by atoms with Crippen LogP contribution in [0.3, 0.4) is 0 Å². The molecule has 1 fully saturated rings. The molecular formula is C15H20N4O. The number of likely N-dealkylation sites (tertiary alicyclic amines) is 1. The SMILES string of the molecule is CC1CC(C)CN(C(=O)Nc2ccc3nc[nH]c3c2)C1. The van der Waals surface area contributed by atoms with Gasteiger partial charge in [-0.15, -0.1) is 0 Å². The zero-order valence-corrected chi connectivity index (χ0v) is 11.9. The number of hydrogen-bond donors (Lipinski definition) is 2. The molecule has 5 nitrogen and oxygen atoms in total. The Morgan fingerprint density at radius 3 is 2.85 bits per heavy atom. The number of aromatic nitrogens is 2. The summed E-state index contributed by atoms with van der Waals surface area (Å²) in [7, 11) is 0. The van der Waals surface area contributed by atoms with Gasteiger partial charge < -0.3 is 15.2 Å². The molecule has 106 valence electrons. The van der Waals surface area contributed by atoms with Crippen LogP contribution in [0.4, 0.5) is 10.5 Å². The molecule has 3 rings (SSSR count). The molecule has 0 radical (unpaired) electrons. The van der Waals surface area contributed by atoms with Crippen LogP contribution in [-0.4, -0.2) is 34.0 Å². The van der Waals surface area contributed by atoms with Crippen LogP contribution in [-0.2, 0) is 0 Å². The van der Waals surface area contributed by atoms with Gasteiger partial charge in [-0.3, -0.25) is 0 Å². The Morgan fingerprint density at radius 1 is 1.35 bits per heavy atom. The van der Waals surface area contributed by atoms with Gasteiger partial charge in [0.1, 0.15) is 0 Å². The number of nitrogens with one attached hydrogen (secondary N) is 2. The fourth-order valence-electron chi connectivity index (χ4n) is 3.04. The molecule has 2 N–H and O–H groups in total. The standard InChI is InChI=1S/C15H20N4O/c1-10-5-11(2)8-19(7-10)15(20)18-12-3-4-13-14(6-12)17-9-16-13/h3-4,6,9-11H,5,7-8H2,1-2H3,(H,16,17)(H,18,20). The summed E-state index contributed by atoms with van der Waals surface area (Å²) in [5.74, 6) is 1.14. The second-order valence-electron chi connectivity index (χ2n) is 5.92. The van der Waals surface area contributed by atoms with Crippen molar-refractivity contribution in [2.45, 2.75) is 20.3 Å². The van der Waals surface area contributed by atoms with Crippen molar-refractivity contribution in [3.8, 4) is 0 Å². The van der Waals surface area contributed by atoms with Crippen molar-refractivity contribution >= 4 is 22.8 Å². The van der Waals surface area contributed by atoms with E-state index >= 15 is 0 Å². The van der Waals surface area contributed by atoms with Gasteiger partial charge >= 0.3 is 6.03 Å². The summed E-state index contributed by atoms with van der Waals surface area (Å²) in [6.07, 6.45) is 2.86. The van der Waals surface area contributed by atoms with Crippen molar-refractivity contribution in [1.82, 2.24) is 14.9 Å². The van der Waals surface area contributed by atoms with E-state index in [0.717, 1.165) is 29.8 Å². The fraction of sp³-hybridized carbons (Fsp3) is 0.467. The number of benzene rings is 1. The van der Waals surface area contributed by atoms with Gasteiger partial charge in [0, 0.05) is 18.8 Å². The van der Waals surface area contributed by atoms with Crippen LogP contribution in [0.15, 0.2) is 24.5 Å². The molecule has 1 aliphatic rings. The summed E-state index contributed by atoms with van der Waals surface area (Å²) >= 11 is 0. The smallest absolute Gasteiger partial charge is 0.321 e. The van der Waals surface area contributed by atoms with E-state index in [9.17, 15) is 4.79 Å². The van der Waals surface area contributed by atoms with E-state index in [1.165, 1.54) is 6.42 Å². The van der Waals surface area contributed by atoms with Crippen LogP contribution in [0.1, 0.15) is 20.3 Å². The van der Waals surface area contributed by atoms with Crippen molar-refractivity contribution in [1.29, 1.82) is 0 Å². The second-order valence-corrected chi connectivity index (χ2v) is 5.92. The molecule has 0 spiro atoms. The number of H-pyrrole nitrogens is 1. The Labute approximate surface area is 118 Å².